The summed E-state index contributed by atoms with van der Waals surface area (Å²) in [6.07, 6.45) is 10.5. The number of aromatic nitrogens is 3. The standard InChI is InChI=1S/C44H41N7O5Se2/c1-26-16-29(22-46-41(26)38-8-6-14-57-38)28-11-12-51-32(18-28)24-45-34-21-37(36(55-4)20-33(34)44(51)54)56-13-5-10-40(52)48-31-19-35(50(3)25-31)43(53)49-30-17-27(2)42(47-23-30)39-9-7-15-58-39/h6-9,11,14-17,19-25,32H,5,10,12-13,18H2,1-4H3,(H,48,52)(H,49,53)/t32-/m0/s1. The van der Waals surface area contributed by atoms with Gasteiger partial charge in [-0.1, -0.05) is 0 Å². The average molecular weight is 906 g/mol. The Bertz CT molecular complexity index is 2580. The third-order valence-electron chi connectivity index (χ3n) is 10.1. The number of hydrogen-bond acceptors (Lipinski definition) is 8. The van der Waals surface area contributed by atoms with Crippen molar-refractivity contribution in [2.75, 3.05) is 30.9 Å². The van der Waals surface area contributed by atoms with Crippen LogP contribution in [0.5, 0.6) is 11.5 Å². The number of carbonyl (C=O) groups excluding carboxylic acids is 3. The molecule has 0 aliphatic carbocycles. The molecule has 0 bridgehead atoms. The van der Waals surface area contributed by atoms with Gasteiger partial charge in [0.05, 0.1) is 13.7 Å². The van der Waals surface area contributed by atoms with E-state index in [-0.39, 0.29) is 51.3 Å². The Labute approximate surface area is 348 Å². The molecule has 2 aliphatic heterocycles. The first-order valence-electron chi connectivity index (χ1n) is 18.8. The zero-order valence-corrected chi connectivity index (χ0v) is 35.9. The summed E-state index contributed by atoms with van der Waals surface area (Å²) in [4.78, 5) is 60.2. The number of benzene rings is 1. The first kappa shape index (κ1) is 39.1. The van der Waals surface area contributed by atoms with Gasteiger partial charge in [0.1, 0.15) is 0 Å². The van der Waals surface area contributed by atoms with Crippen LogP contribution >= 0.6 is 0 Å². The van der Waals surface area contributed by atoms with E-state index in [4.69, 9.17) is 19.5 Å². The van der Waals surface area contributed by atoms with E-state index >= 15 is 0 Å². The molecule has 2 N–H and O–H groups in total. The molecule has 7 heterocycles. The molecule has 12 nitrogen and oxygen atoms in total. The van der Waals surface area contributed by atoms with Gasteiger partial charge in [-0.3, -0.25) is 4.79 Å². The number of anilines is 2. The second-order valence-corrected chi connectivity index (χ2v) is 18.1. The van der Waals surface area contributed by atoms with E-state index in [9.17, 15) is 14.4 Å². The Morgan fingerprint density at radius 2 is 1.66 bits per heavy atom. The van der Waals surface area contributed by atoms with Crippen LogP contribution in [0, 0.1) is 13.8 Å². The van der Waals surface area contributed by atoms with Gasteiger partial charge in [-0.25, -0.2) is 0 Å². The molecule has 294 valence electrons. The summed E-state index contributed by atoms with van der Waals surface area (Å²) < 4.78 is 15.9. The van der Waals surface area contributed by atoms with E-state index in [1.807, 2.05) is 36.4 Å². The molecular weight excluding hydrogens is 864 g/mol. The number of aliphatic imine (C=N–C) groups is 1. The van der Waals surface area contributed by atoms with Crippen LogP contribution < -0.4 is 20.1 Å². The van der Waals surface area contributed by atoms with Crippen LogP contribution in [0.3, 0.4) is 0 Å². The van der Waals surface area contributed by atoms with Crippen molar-refractivity contribution in [2.24, 2.45) is 12.0 Å². The predicted molar refractivity (Wildman–Crippen MR) is 228 cm³/mol. The van der Waals surface area contributed by atoms with Gasteiger partial charge >= 0.3 is 297 Å². The SMILES string of the molecule is COc1cc2c(cc1OCCCC(=O)Nc1cc(C(=O)Nc3cnc(-c4ccc[se]4)c(C)c3)n(C)c1)N=C[C@@H]1CC(c3cnc(-c4ccc[se]4)c(C)c3)=CCN1C2=O. The molecule has 14 heteroatoms. The number of nitrogens with zero attached hydrogens (tertiary/aromatic N) is 5. The number of pyridine rings is 2. The van der Waals surface area contributed by atoms with Crippen molar-refractivity contribution in [3.05, 3.63) is 117 Å². The van der Waals surface area contributed by atoms with Crippen molar-refractivity contribution in [3.8, 4) is 31.8 Å². The zero-order chi connectivity index (χ0) is 40.3. The van der Waals surface area contributed by atoms with Crippen LogP contribution in [0.25, 0.3) is 25.8 Å². The van der Waals surface area contributed by atoms with Gasteiger partial charge in [0.25, 0.3) is 0 Å². The zero-order valence-electron chi connectivity index (χ0n) is 32.4. The molecule has 2 aliphatic rings. The van der Waals surface area contributed by atoms with Gasteiger partial charge < -0.3 is 9.47 Å². The van der Waals surface area contributed by atoms with Crippen LogP contribution in [0.15, 0.2) is 94.1 Å². The monoisotopic (exact) mass is 907 g/mol. The Kier molecular flexibility index (Phi) is 11.4. The Hall–Kier alpha value is -5.78. The van der Waals surface area contributed by atoms with E-state index in [0.29, 0.717) is 73.7 Å². The molecule has 1 aromatic carbocycles. The number of hydrogen-bond donors (Lipinski definition) is 2. The summed E-state index contributed by atoms with van der Waals surface area (Å²) in [5, 5.41) is 5.80. The number of rotatable bonds is 12. The summed E-state index contributed by atoms with van der Waals surface area (Å²) >= 11 is 0.586. The molecule has 58 heavy (non-hydrogen) atoms. The first-order chi connectivity index (χ1) is 28.1. The van der Waals surface area contributed by atoms with Crippen LogP contribution in [0.2, 0.25) is 0 Å². The summed E-state index contributed by atoms with van der Waals surface area (Å²) in [5.74, 6) is 0.205. The fourth-order valence-electron chi connectivity index (χ4n) is 7.21. The molecule has 0 unspecified atom stereocenters. The normalized spacial score (nSPS) is 14.6. The Morgan fingerprint density at radius 1 is 0.914 bits per heavy atom. The van der Waals surface area contributed by atoms with Gasteiger partial charge in [-0.2, -0.15) is 0 Å². The molecule has 0 radical (unpaired) electrons. The first-order valence-corrected chi connectivity index (χ1v) is 22.5. The maximum absolute atomic E-state index is 13.9. The number of aryl methyl sites for hydroxylation is 3. The number of carbonyl (C=O) groups is 3. The van der Waals surface area contributed by atoms with Gasteiger partial charge in [0, 0.05) is 6.42 Å². The van der Waals surface area contributed by atoms with Gasteiger partial charge in [-0.15, -0.1) is 0 Å². The van der Waals surface area contributed by atoms with E-state index in [0.717, 1.165) is 33.7 Å². The quantitative estimate of drug-likeness (QED) is 0.100. The summed E-state index contributed by atoms with van der Waals surface area (Å²) in [7, 11) is 3.28. The molecule has 0 saturated heterocycles. The second kappa shape index (κ2) is 17.0. The van der Waals surface area contributed by atoms with Crippen molar-refractivity contribution in [2.45, 2.75) is 39.2 Å². The van der Waals surface area contributed by atoms with E-state index < -0.39 is 0 Å². The molecule has 1 atom stereocenters. The predicted octanol–water partition coefficient (Wildman–Crippen LogP) is 6.95. The van der Waals surface area contributed by atoms with Crippen molar-refractivity contribution >= 4 is 75.6 Å². The number of methoxy groups -OCH3 is 1. The van der Waals surface area contributed by atoms with Crippen LogP contribution in [0.4, 0.5) is 17.1 Å². The van der Waals surface area contributed by atoms with Gasteiger partial charge in [-0.05, 0) is 6.42 Å². The molecule has 8 rings (SSSR count). The van der Waals surface area contributed by atoms with E-state index in [1.54, 1.807) is 42.2 Å². The number of nitrogens with one attached hydrogen (secondary N) is 2. The van der Waals surface area contributed by atoms with Crippen molar-refractivity contribution in [1.82, 2.24) is 19.4 Å². The van der Waals surface area contributed by atoms with Crippen molar-refractivity contribution in [3.63, 3.8) is 0 Å². The third-order valence-corrected chi connectivity index (χ3v) is 13.8. The molecule has 0 spiro atoms. The fourth-order valence-corrected chi connectivity index (χ4v) is 10.5. The van der Waals surface area contributed by atoms with E-state index in [2.05, 4.69) is 62.8 Å². The molecule has 0 fully saturated rings. The van der Waals surface area contributed by atoms with Gasteiger partial charge in [0.2, 0.25) is 0 Å². The number of ether oxygens (including phenoxy) is 2. The molecule has 0 saturated carbocycles. The summed E-state index contributed by atoms with van der Waals surface area (Å²) in [5.41, 5.74) is 8.79. The topological polar surface area (TPSA) is 140 Å². The maximum atomic E-state index is 13.9. The summed E-state index contributed by atoms with van der Waals surface area (Å²) in [6, 6.07) is 17.3. The Balaban J connectivity index is 0.855. The third kappa shape index (κ3) is 8.28. The van der Waals surface area contributed by atoms with Crippen LogP contribution in [0.1, 0.15) is 56.8 Å². The van der Waals surface area contributed by atoms with Crippen molar-refractivity contribution in [1.29, 1.82) is 0 Å². The number of fused-ring (bicyclic) bond motifs is 2. The molecule has 3 amide bonds. The fraction of sp³-hybridized carbons (Fsp3) is 0.227. The molecule has 6 aromatic rings. The van der Waals surface area contributed by atoms with Crippen LogP contribution in [-0.4, -0.2) is 98.7 Å². The van der Waals surface area contributed by atoms with E-state index in [1.165, 1.54) is 16.0 Å². The number of amides is 3. The minimum absolute atomic E-state index is 0.125. The average Bonchev–Trinajstić information content (AvgIpc) is 4.01. The molecule has 5 aromatic heterocycles. The van der Waals surface area contributed by atoms with Crippen molar-refractivity contribution < 1.29 is 23.9 Å². The summed E-state index contributed by atoms with van der Waals surface area (Å²) in [6.45, 7) is 4.77. The van der Waals surface area contributed by atoms with Crippen LogP contribution in [-0.2, 0) is 11.8 Å². The second-order valence-electron chi connectivity index (χ2n) is 14.2. The minimum atomic E-state index is -0.307. The molecular formula is C44H41N7O5Se2. The Morgan fingerprint density at radius 3 is 2.34 bits per heavy atom. The van der Waals surface area contributed by atoms with Gasteiger partial charge in [0.15, 0.2) is 11.5 Å².